The average Bonchev–Trinajstić information content (AvgIpc) is 2.72. The summed E-state index contributed by atoms with van der Waals surface area (Å²) in [5.74, 6) is 0.198. The molecule has 8 heteroatoms. The summed E-state index contributed by atoms with van der Waals surface area (Å²) in [5.41, 5.74) is 2.78. The van der Waals surface area contributed by atoms with Crippen LogP contribution in [0.25, 0.3) is 0 Å². The number of rotatable bonds is 2. The lowest BCUT2D eigenvalue weighted by molar-refractivity contribution is -0.126. The Morgan fingerprint density at radius 1 is 0.833 bits per heavy atom. The van der Waals surface area contributed by atoms with Gasteiger partial charge in [-0.3, -0.25) is 19.8 Å². The van der Waals surface area contributed by atoms with Crippen molar-refractivity contribution in [2.24, 2.45) is 0 Å². The molecule has 3 amide bonds. The fourth-order valence-electron chi connectivity index (χ4n) is 2.36. The molecular weight excluding hydrogens is 384 g/mol. The molecule has 2 N–H and O–H groups in total. The maximum atomic E-state index is 10.6. The Morgan fingerprint density at radius 2 is 1.27 bits per heavy atom. The van der Waals surface area contributed by atoms with Crippen molar-refractivity contribution in [3.8, 4) is 0 Å². The van der Waals surface area contributed by atoms with Crippen LogP contribution in [0, 0.1) is 0 Å². The second-order valence-corrected chi connectivity index (χ2v) is 6.72. The predicted octanol–water partition coefficient (Wildman–Crippen LogP) is 2.97. The molecule has 2 fully saturated rings. The first-order valence-electron chi connectivity index (χ1n) is 11.3. The topological polar surface area (TPSA) is 91.0 Å². The van der Waals surface area contributed by atoms with E-state index in [0.29, 0.717) is 6.04 Å². The molecule has 0 aromatic heterocycles. The highest BCUT2D eigenvalue weighted by atomic mass is 16.5. The number of carbonyl (C=O) groups is 3. The number of ether oxygens (including phenoxy) is 1. The van der Waals surface area contributed by atoms with Gasteiger partial charge in [0.15, 0.2) is 0 Å². The molecule has 0 saturated carbocycles. The maximum Gasteiger partial charge on any atom is 0.231 e. The van der Waals surface area contributed by atoms with E-state index in [1.54, 1.807) is 27.9 Å². The third-order valence-corrected chi connectivity index (χ3v) is 3.93. The van der Waals surface area contributed by atoms with E-state index in [9.17, 15) is 14.4 Å². The Balaban J connectivity index is -0.000000346. The molecule has 180 valence electrons. The zero-order valence-corrected chi connectivity index (χ0v) is 21.0. The van der Waals surface area contributed by atoms with Gasteiger partial charge in [0.2, 0.25) is 17.7 Å². The first-order chi connectivity index (χ1) is 14.2. The number of hydrogen-bond acceptors (Lipinski definition) is 5. The van der Waals surface area contributed by atoms with Crippen molar-refractivity contribution in [1.82, 2.24) is 20.7 Å². The van der Waals surface area contributed by atoms with Crippen molar-refractivity contribution in [2.75, 3.05) is 40.4 Å². The van der Waals surface area contributed by atoms with Gasteiger partial charge in [0.05, 0.1) is 0 Å². The van der Waals surface area contributed by atoms with Crippen molar-refractivity contribution in [1.29, 1.82) is 0 Å². The summed E-state index contributed by atoms with van der Waals surface area (Å²) in [4.78, 5) is 32.7. The molecule has 8 nitrogen and oxygen atoms in total. The molecule has 0 aromatic carbocycles. The minimum absolute atomic E-state index is 0.0434. The van der Waals surface area contributed by atoms with Crippen molar-refractivity contribution < 1.29 is 19.1 Å². The van der Waals surface area contributed by atoms with Crippen LogP contribution in [0.3, 0.4) is 0 Å². The Labute approximate surface area is 185 Å². The molecular formula is C22H48N4O4. The SMILES string of the molecule is CC.CC.CC(=O)N(C)C.CC(=O)NC1CCOCC1.CC(=O)NN1CCCCC1. The van der Waals surface area contributed by atoms with Gasteiger partial charge in [-0.15, -0.1) is 0 Å². The summed E-state index contributed by atoms with van der Waals surface area (Å²) in [7, 11) is 3.45. The molecule has 0 aliphatic carbocycles. The van der Waals surface area contributed by atoms with Gasteiger partial charge >= 0.3 is 0 Å². The van der Waals surface area contributed by atoms with E-state index in [0.717, 1.165) is 39.1 Å². The number of nitrogens with zero attached hydrogens (tertiary/aromatic N) is 2. The highest BCUT2D eigenvalue weighted by Crippen LogP contribution is 2.05. The molecule has 0 spiro atoms. The van der Waals surface area contributed by atoms with Crippen molar-refractivity contribution >= 4 is 17.7 Å². The van der Waals surface area contributed by atoms with Crippen LogP contribution in [-0.4, -0.2) is 74.1 Å². The van der Waals surface area contributed by atoms with Gasteiger partial charge in [-0.05, 0) is 25.7 Å². The zero-order valence-electron chi connectivity index (χ0n) is 21.0. The summed E-state index contributed by atoms with van der Waals surface area (Å²) in [6.07, 6.45) is 5.63. The molecule has 30 heavy (non-hydrogen) atoms. The molecule has 0 aromatic rings. The molecule has 2 aliphatic rings. The summed E-state index contributed by atoms with van der Waals surface area (Å²) in [5, 5.41) is 4.85. The smallest absolute Gasteiger partial charge is 0.231 e. The van der Waals surface area contributed by atoms with Crippen molar-refractivity contribution in [2.45, 2.75) is 86.6 Å². The highest BCUT2D eigenvalue weighted by molar-refractivity contribution is 5.73. The molecule has 2 rings (SSSR count). The Morgan fingerprint density at radius 3 is 1.60 bits per heavy atom. The quantitative estimate of drug-likeness (QED) is 0.700. The number of carbonyl (C=O) groups excluding carboxylic acids is 3. The van der Waals surface area contributed by atoms with E-state index in [-0.39, 0.29) is 17.7 Å². The average molecular weight is 433 g/mol. The van der Waals surface area contributed by atoms with Crippen LogP contribution in [0.1, 0.15) is 80.6 Å². The second-order valence-electron chi connectivity index (χ2n) is 6.72. The van der Waals surface area contributed by atoms with E-state index in [4.69, 9.17) is 4.74 Å². The van der Waals surface area contributed by atoms with Crippen LogP contribution in [0.2, 0.25) is 0 Å². The number of piperidine rings is 1. The van der Waals surface area contributed by atoms with E-state index in [2.05, 4.69) is 10.7 Å². The Kier molecular flexibility index (Phi) is 26.0. The lowest BCUT2D eigenvalue weighted by atomic mass is 10.1. The van der Waals surface area contributed by atoms with Crippen LogP contribution < -0.4 is 10.7 Å². The summed E-state index contributed by atoms with van der Waals surface area (Å²) >= 11 is 0. The van der Waals surface area contributed by atoms with E-state index < -0.39 is 0 Å². The predicted molar refractivity (Wildman–Crippen MR) is 124 cm³/mol. The Bertz CT molecular complexity index is 389. The maximum absolute atomic E-state index is 10.6. The first-order valence-corrected chi connectivity index (χ1v) is 11.3. The molecule has 2 heterocycles. The normalized spacial score (nSPS) is 15.6. The van der Waals surface area contributed by atoms with Crippen LogP contribution in [0.5, 0.6) is 0 Å². The number of hydrogen-bond donors (Lipinski definition) is 2. The van der Waals surface area contributed by atoms with E-state index >= 15 is 0 Å². The van der Waals surface area contributed by atoms with Gasteiger partial charge in [0.25, 0.3) is 0 Å². The largest absolute Gasteiger partial charge is 0.381 e. The second kappa shape index (κ2) is 23.6. The minimum atomic E-state index is 0.0434. The monoisotopic (exact) mass is 432 g/mol. The molecule has 0 bridgehead atoms. The first kappa shape index (κ1) is 33.0. The summed E-state index contributed by atoms with van der Waals surface area (Å²) in [6, 6.07) is 0.353. The lowest BCUT2D eigenvalue weighted by Gasteiger charge is -2.25. The molecule has 2 saturated heterocycles. The van der Waals surface area contributed by atoms with E-state index in [1.165, 1.54) is 31.1 Å². The van der Waals surface area contributed by atoms with Crippen LogP contribution in [0.15, 0.2) is 0 Å². The minimum Gasteiger partial charge on any atom is -0.381 e. The zero-order chi connectivity index (χ0) is 23.9. The van der Waals surface area contributed by atoms with E-state index in [1.807, 2.05) is 32.7 Å². The van der Waals surface area contributed by atoms with Crippen LogP contribution in [0.4, 0.5) is 0 Å². The summed E-state index contributed by atoms with van der Waals surface area (Å²) in [6.45, 7) is 16.2. The fraction of sp³-hybridized carbons (Fsp3) is 0.864. The number of amides is 3. The van der Waals surface area contributed by atoms with Crippen LogP contribution >= 0.6 is 0 Å². The van der Waals surface area contributed by atoms with Gasteiger partial charge < -0.3 is 15.0 Å². The molecule has 0 atom stereocenters. The van der Waals surface area contributed by atoms with Gasteiger partial charge in [0, 0.05) is 67.2 Å². The standard InChI is InChI=1S/C7H14N2O.C7H13NO2.C4H9NO.2C2H6/c1-7(10)8-9-5-3-2-4-6-9;1-6(9)8-7-2-4-10-5-3-7;1-4(6)5(2)3;2*1-2/h2-6H2,1H3,(H,8,10);7H,2-5H2,1H3,(H,8,9);1-3H3;2*1-2H3. The number of nitrogens with one attached hydrogen (secondary N) is 2. The van der Waals surface area contributed by atoms with Gasteiger partial charge in [0.1, 0.15) is 0 Å². The van der Waals surface area contributed by atoms with Gasteiger partial charge in [-0.25, -0.2) is 5.01 Å². The third kappa shape index (κ3) is 24.4. The Hall–Kier alpha value is -1.67. The third-order valence-electron chi connectivity index (χ3n) is 3.93. The van der Waals surface area contributed by atoms with Crippen molar-refractivity contribution in [3.05, 3.63) is 0 Å². The fourth-order valence-corrected chi connectivity index (χ4v) is 2.36. The molecule has 0 unspecified atom stereocenters. The molecule has 0 radical (unpaired) electrons. The lowest BCUT2D eigenvalue weighted by Crippen LogP contribution is -2.43. The van der Waals surface area contributed by atoms with Gasteiger partial charge in [-0.2, -0.15) is 0 Å². The van der Waals surface area contributed by atoms with Gasteiger partial charge in [-0.1, -0.05) is 34.1 Å². The number of hydrazine groups is 1. The highest BCUT2D eigenvalue weighted by Gasteiger charge is 2.13. The van der Waals surface area contributed by atoms with Crippen LogP contribution in [-0.2, 0) is 19.1 Å². The summed E-state index contributed by atoms with van der Waals surface area (Å²) < 4.78 is 5.13. The molecule has 2 aliphatic heterocycles. The van der Waals surface area contributed by atoms with Crippen molar-refractivity contribution in [3.63, 3.8) is 0 Å².